The molecule has 0 radical (unpaired) electrons. The van der Waals surface area contributed by atoms with Crippen molar-refractivity contribution in [1.29, 1.82) is 0 Å². The normalized spacial score (nSPS) is 17.7. The smallest absolute Gasteiger partial charge is 0.350 e. The van der Waals surface area contributed by atoms with Crippen LogP contribution in [0.25, 0.3) is 0 Å². The number of para-hydroxylation sites is 1. The van der Waals surface area contributed by atoms with Gasteiger partial charge in [0.15, 0.2) is 0 Å². The van der Waals surface area contributed by atoms with E-state index in [1.54, 1.807) is 30.3 Å². The molecule has 0 heterocycles. The summed E-state index contributed by atoms with van der Waals surface area (Å²) in [6, 6.07) is 8.58. The molecule has 2 atom stereocenters. The van der Waals surface area contributed by atoms with Gasteiger partial charge in [0.1, 0.15) is 0 Å². The van der Waals surface area contributed by atoms with Crippen molar-refractivity contribution in [2.45, 2.75) is 57.0 Å². The molecule has 0 aromatic heterocycles. The standard InChI is InChI=1S/C21H30N2O5S/c24-18(25)11-12-21(20(27)28,22-17-9-5-2-6-10-17)23-19(26)16(14-29)13-15-7-3-1-4-8-15/h2,5-6,9-10,15-16,22,29H,1,3-4,7-8,11-14H2,(H,23,26)(H,24,25)(H,27,28)/t16?,21-/m0/s1. The molecule has 0 aliphatic heterocycles. The Morgan fingerprint density at radius 2 is 1.76 bits per heavy atom. The number of nitrogens with one attached hydrogen (secondary N) is 2. The third-order valence-corrected chi connectivity index (χ3v) is 5.92. The highest BCUT2D eigenvalue weighted by molar-refractivity contribution is 7.80. The van der Waals surface area contributed by atoms with Gasteiger partial charge in [0.05, 0.1) is 0 Å². The molecule has 29 heavy (non-hydrogen) atoms. The maximum absolute atomic E-state index is 13.0. The first-order valence-electron chi connectivity index (χ1n) is 10.1. The van der Waals surface area contributed by atoms with E-state index < -0.39 is 35.8 Å². The monoisotopic (exact) mass is 422 g/mol. The molecule has 1 saturated carbocycles. The van der Waals surface area contributed by atoms with Crippen LogP contribution in [0.3, 0.4) is 0 Å². The first-order valence-corrected chi connectivity index (χ1v) is 10.7. The fraction of sp³-hybridized carbons (Fsp3) is 0.571. The molecule has 8 heteroatoms. The second kappa shape index (κ2) is 11.1. The van der Waals surface area contributed by atoms with Gasteiger partial charge in [0, 0.05) is 30.2 Å². The van der Waals surface area contributed by atoms with Crippen LogP contribution in [0.4, 0.5) is 5.69 Å². The molecule has 1 unspecified atom stereocenters. The lowest BCUT2D eigenvalue weighted by atomic mass is 9.83. The van der Waals surface area contributed by atoms with Crippen molar-refractivity contribution in [3.63, 3.8) is 0 Å². The van der Waals surface area contributed by atoms with Gasteiger partial charge in [-0.1, -0.05) is 50.3 Å². The molecule has 1 aromatic rings. The van der Waals surface area contributed by atoms with E-state index in [4.69, 9.17) is 5.11 Å². The van der Waals surface area contributed by atoms with E-state index in [2.05, 4.69) is 23.3 Å². The molecule has 1 aromatic carbocycles. The molecule has 1 aliphatic carbocycles. The Hall–Kier alpha value is -2.22. The molecule has 2 rings (SSSR count). The fourth-order valence-corrected chi connectivity index (χ4v) is 4.15. The van der Waals surface area contributed by atoms with Crippen molar-refractivity contribution in [2.75, 3.05) is 11.1 Å². The van der Waals surface area contributed by atoms with Crippen molar-refractivity contribution in [3.05, 3.63) is 30.3 Å². The SMILES string of the molecule is O=C(O)CC[C@@](NC(=O)C(CS)CC1CCCCC1)(Nc1ccccc1)C(=O)O. The summed E-state index contributed by atoms with van der Waals surface area (Å²) in [6.45, 7) is 0. The number of carbonyl (C=O) groups is 3. The molecule has 1 amide bonds. The van der Waals surface area contributed by atoms with Crippen molar-refractivity contribution in [1.82, 2.24) is 5.32 Å². The Morgan fingerprint density at radius 1 is 1.10 bits per heavy atom. The zero-order valence-electron chi connectivity index (χ0n) is 16.5. The van der Waals surface area contributed by atoms with Gasteiger partial charge in [-0.25, -0.2) is 4.79 Å². The molecular weight excluding hydrogens is 392 g/mol. The van der Waals surface area contributed by atoms with Gasteiger partial charge in [-0.15, -0.1) is 0 Å². The predicted octanol–water partition coefficient (Wildman–Crippen LogP) is 3.38. The number of rotatable bonds is 11. The highest BCUT2D eigenvalue weighted by Crippen LogP contribution is 2.30. The second-order valence-corrected chi connectivity index (χ2v) is 8.07. The van der Waals surface area contributed by atoms with Crippen LogP contribution >= 0.6 is 12.6 Å². The van der Waals surface area contributed by atoms with Gasteiger partial charge >= 0.3 is 11.9 Å². The number of thiol groups is 1. The summed E-state index contributed by atoms with van der Waals surface area (Å²) < 4.78 is 0. The molecule has 0 bridgehead atoms. The van der Waals surface area contributed by atoms with E-state index in [0.29, 0.717) is 23.8 Å². The molecule has 1 fully saturated rings. The molecule has 4 N–H and O–H groups in total. The Kier molecular flexibility index (Phi) is 8.82. The minimum absolute atomic E-state index is 0.291. The molecular formula is C21H30N2O5S. The number of amides is 1. The van der Waals surface area contributed by atoms with Crippen molar-refractivity contribution < 1.29 is 24.6 Å². The molecule has 0 saturated heterocycles. The minimum atomic E-state index is -1.91. The van der Waals surface area contributed by atoms with E-state index in [0.717, 1.165) is 25.7 Å². The van der Waals surface area contributed by atoms with Crippen LogP contribution in [-0.4, -0.2) is 39.5 Å². The average molecular weight is 423 g/mol. The van der Waals surface area contributed by atoms with E-state index in [9.17, 15) is 19.5 Å². The van der Waals surface area contributed by atoms with Gasteiger partial charge in [0.2, 0.25) is 11.6 Å². The summed E-state index contributed by atoms with van der Waals surface area (Å²) >= 11 is 4.32. The lowest BCUT2D eigenvalue weighted by Crippen LogP contribution is -2.61. The van der Waals surface area contributed by atoms with Crippen LogP contribution in [0.1, 0.15) is 51.4 Å². The summed E-state index contributed by atoms with van der Waals surface area (Å²) in [6.07, 6.45) is 5.63. The summed E-state index contributed by atoms with van der Waals surface area (Å²) in [4.78, 5) is 36.3. The zero-order valence-corrected chi connectivity index (χ0v) is 17.4. The lowest BCUT2D eigenvalue weighted by molar-refractivity contribution is -0.148. The van der Waals surface area contributed by atoms with Gasteiger partial charge in [-0.05, 0) is 24.5 Å². The zero-order chi connectivity index (χ0) is 21.3. The number of aliphatic carboxylic acids is 2. The Morgan fingerprint density at radius 3 is 2.31 bits per heavy atom. The lowest BCUT2D eigenvalue weighted by Gasteiger charge is -2.34. The van der Waals surface area contributed by atoms with Gasteiger partial charge in [0.25, 0.3) is 0 Å². The number of anilines is 1. The van der Waals surface area contributed by atoms with Crippen LogP contribution in [0.2, 0.25) is 0 Å². The van der Waals surface area contributed by atoms with Gasteiger partial charge < -0.3 is 20.8 Å². The number of carboxylic acid groups (broad SMARTS) is 2. The Bertz CT molecular complexity index is 694. The number of carbonyl (C=O) groups excluding carboxylic acids is 1. The summed E-state index contributed by atoms with van der Waals surface area (Å²) in [7, 11) is 0. The first-order chi connectivity index (χ1) is 13.9. The quantitative estimate of drug-likeness (QED) is 0.276. The highest BCUT2D eigenvalue weighted by Gasteiger charge is 2.42. The summed E-state index contributed by atoms with van der Waals surface area (Å²) in [5, 5.41) is 24.5. The topological polar surface area (TPSA) is 116 Å². The van der Waals surface area contributed by atoms with Crippen LogP contribution in [-0.2, 0) is 14.4 Å². The van der Waals surface area contributed by atoms with Crippen molar-refractivity contribution in [3.8, 4) is 0 Å². The number of carboxylic acids is 2. The van der Waals surface area contributed by atoms with Crippen molar-refractivity contribution in [2.24, 2.45) is 11.8 Å². The maximum atomic E-state index is 13.0. The highest BCUT2D eigenvalue weighted by atomic mass is 32.1. The van der Waals surface area contributed by atoms with E-state index in [1.165, 1.54) is 6.42 Å². The van der Waals surface area contributed by atoms with E-state index in [-0.39, 0.29) is 6.42 Å². The van der Waals surface area contributed by atoms with Gasteiger partial charge in [-0.2, -0.15) is 12.6 Å². The predicted molar refractivity (Wildman–Crippen MR) is 114 cm³/mol. The summed E-state index contributed by atoms with van der Waals surface area (Å²) in [5.74, 6) is -2.56. The third kappa shape index (κ3) is 6.96. The second-order valence-electron chi connectivity index (χ2n) is 7.70. The maximum Gasteiger partial charge on any atom is 0.350 e. The van der Waals surface area contributed by atoms with Gasteiger partial charge in [-0.3, -0.25) is 9.59 Å². The first kappa shape index (κ1) is 23.1. The summed E-state index contributed by atoms with van der Waals surface area (Å²) in [5.41, 5.74) is -1.43. The minimum Gasteiger partial charge on any atom is -0.481 e. The van der Waals surface area contributed by atoms with Crippen LogP contribution in [0, 0.1) is 11.8 Å². The number of hydrogen-bond acceptors (Lipinski definition) is 5. The average Bonchev–Trinajstić information content (AvgIpc) is 2.71. The molecule has 1 aliphatic rings. The Balaban J connectivity index is 2.19. The van der Waals surface area contributed by atoms with E-state index in [1.807, 2.05) is 0 Å². The molecule has 160 valence electrons. The van der Waals surface area contributed by atoms with Crippen LogP contribution in [0.15, 0.2) is 30.3 Å². The van der Waals surface area contributed by atoms with E-state index >= 15 is 0 Å². The third-order valence-electron chi connectivity index (χ3n) is 5.48. The largest absolute Gasteiger partial charge is 0.481 e. The molecule has 0 spiro atoms. The van der Waals surface area contributed by atoms with Crippen LogP contribution < -0.4 is 10.6 Å². The fourth-order valence-electron chi connectivity index (χ4n) is 3.83. The van der Waals surface area contributed by atoms with Crippen molar-refractivity contribution >= 4 is 36.2 Å². The number of hydrogen-bond donors (Lipinski definition) is 5. The van der Waals surface area contributed by atoms with Crippen LogP contribution in [0.5, 0.6) is 0 Å². The Labute approximate surface area is 176 Å². The molecule has 7 nitrogen and oxygen atoms in total. The number of benzene rings is 1.